The van der Waals surface area contributed by atoms with Crippen molar-refractivity contribution >= 4 is 11.9 Å². The number of carbonyl (C=O) groups excluding carboxylic acids is 2. The first-order valence-electron chi connectivity index (χ1n) is 8.84. The quantitative estimate of drug-likeness (QED) is 0.288. The standard InChI is InChI=1S/C18H32O3/c1-15(2)12-10-8-6-4-3-5-7-9-11-13-16-14-17(19)21-18(16)20/h15-16H,3-14H2,1-2H3. The van der Waals surface area contributed by atoms with Crippen LogP contribution in [0.3, 0.4) is 0 Å². The molecule has 1 aliphatic rings. The summed E-state index contributed by atoms with van der Waals surface area (Å²) in [5, 5.41) is 0. The summed E-state index contributed by atoms with van der Waals surface area (Å²) < 4.78 is 4.55. The first kappa shape index (κ1) is 18.2. The Labute approximate surface area is 129 Å². The van der Waals surface area contributed by atoms with Gasteiger partial charge in [0.1, 0.15) is 0 Å². The van der Waals surface area contributed by atoms with Crippen molar-refractivity contribution in [2.24, 2.45) is 11.8 Å². The Hall–Kier alpha value is -0.860. The summed E-state index contributed by atoms with van der Waals surface area (Å²) in [6.45, 7) is 4.59. The zero-order valence-electron chi connectivity index (χ0n) is 13.9. The summed E-state index contributed by atoms with van der Waals surface area (Å²) >= 11 is 0. The van der Waals surface area contributed by atoms with Crippen molar-refractivity contribution in [1.82, 2.24) is 0 Å². The van der Waals surface area contributed by atoms with Gasteiger partial charge in [0.05, 0.1) is 12.3 Å². The van der Waals surface area contributed by atoms with Gasteiger partial charge in [0.25, 0.3) is 0 Å². The van der Waals surface area contributed by atoms with Crippen LogP contribution in [0.2, 0.25) is 0 Å². The average Bonchev–Trinajstić information content (AvgIpc) is 2.74. The van der Waals surface area contributed by atoms with Crippen LogP contribution in [0, 0.1) is 11.8 Å². The minimum absolute atomic E-state index is 0.154. The molecule has 3 nitrogen and oxygen atoms in total. The summed E-state index contributed by atoms with van der Waals surface area (Å²) in [7, 11) is 0. The lowest BCUT2D eigenvalue weighted by Gasteiger charge is -2.05. The summed E-state index contributed by atoms with van der Waals surface area (Å²) in [4.78, 5) is 22.2. The molecular formula is C18H32O3. The number of esters is 2. The zero-order chi connectivity index (χ0) is 15.5. The lowest BCUT2D eigenvalue weighted by molar-refractivity contribution is -0.153. The number of rotatable bonds is 12. The molecule has 1 atom stereocenters. The van der Waals surface area contributed by atoms with E-state index >= 15 is 0 Å². The van der Waals surface area contributed by atoms with Crippen molar-refractivity contribution in [2.45, 2.75) is 90.9 Å². The number of cyclic esters (lactones) is 2. The number of hydrogen-bond donors (Lipinski definition) is 0. The van der Waals surface area contributed by atoms with Crippen molar-refractivity contribution in [3.63, 3.8) is 0 Å². The van der Waals surface area contributed by atoms with Crippen LogP contribution in [-0.4, -0.2) is 11.9 Å². The van der Waals surface area contributed by atoms with E-state index in [0.29, 0.717) is 6.42 Å². The Morgan fingerprint density at radius 2 is 1.43 bits per heavy atom. The molecular weight excluding hydrogens is 264 g/mol. The molecule has 0 saturated carbocycles. The molecule has 122 valence electrons. The molecule has 1 fully saturated rings. The predicted octanol–water partition coefficient (Wildman–Crippen LogP) is 5.02. The Morgan fingerprint density at radius 3 is 1.90 bits per heavy atom. The van der Waals surface area contributed by atoms with Crippen LogP contribution in [0.4, 0.5) is 0 Å². The molecule has 0 aromatic rings. The second-order valence-electron chi connectivity index (χ2n) is 6.85. The van der Waals surface area contributed by atoms with Gasteiger partial charge in [-0.05, 0) is 12.3 Å². The third-order valence-electron chi connectivity index (χ3n) is 4.29. The van der Waals surface area contributed by atoms with Crippen LogP contribution in [0.25, 0.3) is 0 Å². The molecule has 0 aromatic heterocycles. The second-order valence-corrected chi connectivity index (χ2v) is 6.85. The van der Waals surface area contributed by atoms with E-state index in [9.17, 15) is 9.59 Å². The highest BCUT2D eigenvalue weighted by molar-refractivity contribution is 5.94. The smallest absolute Gasteiger partial charge is 0.317 e. The van der Waals surface area contributed by atoms with Gasteiger partial charge in [-0.2, -0.15) is 0 Å². The van der Waals surface area contributed by atoms with Crippen LogP contribution in [-0.2, 0) is 14.3 Å². The maximum Gasteiger partial charge on any atom is 0.317 e. The van der Waals surface area contributed by atoms with Crippen molar-refractivity contribution in [2.75, 3.05) is 0 Å². The first-order valence-corrected chi connectivity index (χ1v) is 8.84. The molecule has 1 heterocycles. The van der Waals surface area contributed by atoms with Crippen molar-refractivity contribution in [3.05, 3.63) is 0 Å². The zero-order valence-corrected chi connectivity index (χ0v) is 13.9. The van der Waals surface area contributed by atoms with E-state index in [2.05, 4.69) is 18.6 Å². The SMILES string of the molecule is CC(C)CCCCCCCCCCCC1CC(=O)OC1=O. The lowest BCUT2D eigenvalue weighted by Crippen LogP contribution is -2.06. The number of carbonyl (C=O) groups is 2. The largest absolute Gasteiger partial charge is 0.393 e. The van der Waals surface area contributed by atoms with Gasteiger partial charge < -0.3 is 4.74 Å². The van der Waals surface area contributed by atoms with Crippen LogP contribution in [0.1, 0.15) is 90.9 Å². The van der Waals surface area contributed by atoms with Crippen molar-refractivity contribution in [1.29, 1.82) is 0 Å². The monoisotopic (exact) mass is 296 g/mol. The molecule has 0 amide bonds. The Balaban J connectivity index is 1.81. The highest BCUT2D eigenvalue weighted by atomic mass is 16.6. The molecule has 21 heavy (non-hydrogen) atoms. The van der Waals surface area contributed by atoms with Crippen molar-refractivity contribution in [3.8, 4) is 0 Å². The van der Waals surface area contributed by atoms with Gasteiger partial charge >= 0.3 is 11.9 Å². The highest BCUT2D eigenvalue weighted by Gasteiger charge is 2.32. The van der Waals surface area contributed by atoms with Gasteiger partial charge in [-0.15, -0.1) is 0 Å². The molecule has 0 radical (unpaired) electrons. The minimum atomic E-state index is -0.345. The van der Waals surface area contributed by atoms with Gasteiger partial charge in [-0.25, -0.2) is 0 Å². The Morgan fingerprint density at radius 1 is 0.905 bits per heavy atom. The fourth-order valence-corrected chi connectivity index (χ4v) is 2.92. The molecule has 0 bridgehead atoms. The molecule has 3 heteroatoms. The molecule has 1 unspecified atom stereocenters. The number of hydrogen-bond acceptors (Lipinski definition) is 3. The Kier molecular flexibility index (Phi) is 9.36. The fourth-order valence-electron chi connectivity index (χ4n) is 2.92. The van der Waals surface area contributed by atoms with Gasteiger partial charge in [-0.1, -0.05) is 78.1 Å². The topological polar surface area (TPSA) is 43.4 Å². The average molecular weight is 296 g/mol. The molecule has 1 aliphatic heterocycles. The number of ether oxygens (including phenoxy) is 1. The van der Waals surface area contributed by atoms with Gasteiger partial charge in [0.15, 0.2) is 0 Å². The molecule has 0 N–H and O–H groups in total. The van der Waals surface area contributed by atoms with Gasteiger partial charge in [0, 0.05) is 0 Å². The van der Waals surface area contributed by atoms with E-state index in [1.807, 2.05) is 0 Å². The normalized spacial score (nSPS) is 18.5. The third kappa shape index (κ3) is 8.90. The summed E-state index contributed by atoms with van der Waals surface area (Å²) in [6, 6.07) is 0. The lowest BCUT2D eigenvalue weighted by atomic mass is 9.98. The first-order chi connectivity index (χ1) is 10.1. The minimum Gasteiger partial charge on any atom is -0.393 e. The van der Waals surface area contributed by atoms with E-state index in [4.69, 9.17) is 0 Å². The maximum atomic E-state index is 11.3. The summed E-state index contributed by atoms with van der Waals surface area (Å²) in [5.74, 6) is 0.0414. The summed E-state index contributed by atoms with van der Waals surface area (Å²) in [5.41, 5.74) is 0. The molecule has 0 aliphatic carbocycles. The van der Waals surface area contributed by atoms with Crippen LogP contribution in [0.15, 0.2) is 0 Å². The van der Waals surface area contributed by atoms with Gasteiger partial charge in [0.2, 0.25) is 0 Å². The fraction of sp³-hybridized carbons (Fsp3) is 0.889. The van der Waals surface area contributed by atoms with E-state index < -0.39 is 0 Å². The molecule has 1 saturated heterocycles. The number of unbranched alkanes of at least 4 members (excludes halogenated alkanes) is 8. The second kappa shape index (κ2) is 10.8. The summed E-state index contributed by atoms with van der Waals surface area (Å²) in [6.07, 6.45) is 14.1. The van der Waals surface area contributed by atoms with Crippen molar-refractivity contribution < 1.29 is 14.3 Å². The van der Waals surface area contributed by atoms with Gasteiger partial charge in [-0.3, -0.25) is 9.59 Å². The van der Waals surface area contributed by atoms with Crippen LogP contribution < -0.4 is 0 Å². The molecule has 1 rings (SSSR count). The maximum absolute atomic E-state index is 11.3. The highest BCUT2D eigenvalue weighted by Crippen LogP contribution is 2.22. The van der Waals surface area contributed by atoms with Crippen LogP contribution in [0.5, 0.6) is 0 Å². The third-order valence-corrected chi connectivity index (χ3v) is 4.29. The molecule has 0 aromatic carbocycles. The Bertz CT molecular complexity index is 310. The molecule has 0 spiro atoms. The van der Waals surface area contributed by atoms with E-state index in [1.54, 1.807) is 0 Å². The van der Waals surface area contributed by atoms with E-state index in [1.165, 1.54) is 57.8 Å². The van der Waals surface area contributed by atoms with E-state index in [0.717, 1.165) is 18.8 Å². The van der Waals surface area contributed by atoms with E-state index in [-0.39, 0.29) is 17.9 Å². The predicted molar refractivity (Wildman–Crippen MR) is 84.8 cm³/mol. The van der Waals surface area contributed by atoms with Crippen LogP contribution >= 0.6 is 0 Å².